The largest absolute Gasteiger partial charge is 0.490 e. The number of hydrogen-bond acceptors (Lipinski definition) is 24. The molecule has 0 radical (unpaired) electrons. The lowest BCUT2D eigenvalue weighted by molar-refractivity contribution is -0.144. The molecule has 0 saturated heterocycles. The minimum Gasteiger partial charge on any atom is -0.490 e. The second-order valence-corrected chi connectivity index (χ2v) is 34.1. The molecule has 6 heterocycles. The van der Waals surface area contributed by atoms with E-state index in [2.05, 4.69) is 51.5 Å². The minimum absolute atomic E-state index is 0.0189. The molecule has 4 aliphatic rings. The summed E-state index contributed by atoms with van der Waals surface area (Å²) in [7, 11) is 10.6. The van der Waals surface area contributed by atoms with Gasteiger partial charge in [-0.05, 0) is 198 Å². The third-order valence-corrected chi connectivity index (χ3v) is 24.4. The Labute approximate surface area is 774 Å². The van der Waals surface area contributed by atoms with Crippen LogP contribution in [0.15, 0.2) is 216 Å². The van der Waals surface area contributed by atoms with Crippen LogP contribution in [0.1, 0.15) is 142 Å². The summed E-state index contributed by atoms with van der Waals surface area (Å²) in [5, 5.41) is 65.1. The molecular weight excluding hydrogens is 1710 g/mol. The number of carbonyl (C=O) groups excluding carboxylic acids is 3. The molecule has 2 amide bonds. The second-order valence-electron chi connectivity index (χ2n) is 34.1. The van der Waals surface area contributed by atoms with Gasteiger partial charge in [0.1, 0.15) is 70.7 Å². The van der Waals surface area contributed by atoms with E-state index in [9.17, 15) is 48.9 Å². The van der Waals surface area contributed by atoms with E-state index in [4.69, 9.17) is 32.8 Å². The van der Waals surface area contributed by atoms with Gasteiger partial charge in [-0.25, -0.2) is 38.1 Å². The topological polar surface area (TPSA) is 413 Å². The average molecular weight is 1830 g/mol. The molecular formula is C99H112N18O17. The van der Waals surface area contributed by atoms with Gasteiger partial charge >= 0.3 is 35.8 Å². The molecule has 4 aliphatic carbocycles. The summed E-state index contributed by atoms with van der Waals surface area (Å²) >= 11 is 0. The van der Waals surface area contributed by atoms with Gasteiger partial charge in [0.15, 0.2) is 11.7 Å². The summed E-state index contributed by atoms with van der Waals surface area (Å²) in [5.41, 5.74) is 13.2. The lowest BCUT2D eigenvalue weighted by atomic mass is 9.87. The summed E-state index contributed by atoms with van der Waals surface area (Å²) in [6.45, 7) is 4.21. The Hall–Kier alpha value is -15.1. The fourth-order valence-electron chi connectivity index (χ4n) is 17.1. The van der Waals surface area contributed by atoms with Gasteiger partial charge in [-0.15, -0.1) is 20.4 Å². The summed E-state index contributed by atoms with van der Waals surface area (Å²) in [5.74, 6) is 0.0862. The number of aryl methyl sites for hydroxylation is 5. The monoisotopic (exact) mass is 1820 g/mol. The molecule has 17 rings (SSSR count). The van der Waals surface area contributed by atoms with Crippen molar-refractivity contribution in [1.82, 2.24) is 83.9 Å². The summed E-state index contributed by atoms with van der Waals surface area (Å²) < 4.78 is 49.9. The number of rotatable bonds is 30. The zero-order chi connectivity index (χ0) is 94.2. The Morgan fingerprint density at radius 3 is 1.34 bits per heavy atom. The first-order valence-corrected chi connectivity index (χ1v) is 45.0. The summed E-state index contributed by atoms with van der Waals surface area (Å²) in [6.07, 6.45) is 16.8. The second kappa shape index (κ2) is 45.7. The van der Waals surface area contributed by atoms with E-state index in [1.165, 1.54) is 9.80 Å². The highest BCUT2D eigenvalue weighted by Gasteiger charge is 2.33. The number of hydrogen-bond donors (Lipinski definition) is 4. The van der Waals surface area contributed by atoms with Crippen molar-refractivity contribution in [2.24, 2.45) is 45.9 Å². The minimum atomic E-state index is -0.752. The molecule has 0 unspecified atom stereocenters. The predicted molar refractivity (Wildman–Crippen MR) is 494 cm³/mol. The number of aliphatic carboxylic acids is 3. The van der Waals surface area contributed by atoms with E-state index < -0.39 is 30.1 Å². The molecule has 4 fully saturated rings. The maximum absolute atomic E-state index is 13.0. The van der Waals surface area contributed by atoms with Crippen LogP contribution in [-0.2, 0) is 101 Å². The highest BCUT2D eigenvalue weighted by molar-refractivity contribution is 5.76. The Morgan fingerprint density at radius 1 is 0.448 bits per heavy atom. The molecule has 13 aromatic rings. The number of carboxylic acid groups (broad SMARTS) is 3. The fraction of sp³-hybridized carbons (Fsp3) is 0.374. The molecule has 6 aromatic heterocycles. The van der Waals surface area contributed by atoms with Crippen molar-refractivity contribution in [3.63, 3.8) is 0 Å². The van der Waals surface area contributed by atoms with Crippen LogP contribution in [0.3, 0.4) is 0 Å². The third-order valence-electron chi connectivity index (χ3n) is 24.4. The number of nitrogens with zero attached hydrogens (tertiary/aromatic N) is 17. The Balaban J connectivity index is 0.000000144. The molecule has 134 heavy (non-hydrogen) atoms. The lowest BCUT2D eigenvalue weighted by Crippen LogP contribution is -2.31. The van der Waals surface area contributed by atoms with Gasteiger partial charge in [-0.3, -0.25) is 28.3 Å². The van der Waals surface area contributed by atoms with E-state index in [0.717, 1.165) is 138 Å². The van der Waals surface area contributed by atoms with Gasteiger partial charge in [0.25, 0.3) is 6.47 Å². The zero-order valence-electron chi connectivity index (χ0n) is 76.0. The van der Waals surface area contributed by atoms with Gasteiger partial charge in [-0.2, -0.15) is 0 Å². The Kier molecular flexibility index (Phi) is 32.4. The number of imidazole rings is 1. The van der Waals surface area contributed by atoms with Gasteiger partial charge < -0.3 is 63.3 Å². The fourth-order valence-corrected chi connectivity index (χ4v) is 17.1. The van der Waals surface area contributed by atoms with Crippen molar-refractivity contribution in [2.45, 2.75) is 180 Å². The first kappa shape index (κ1) is 95.0. The van der Waals surface area contributed by atoms with E-state index in [1.807, 2.05) is 202 Å². The van der Waals surface area contributed by atoms with Gasteiger partial charge in [0.05, 0.1) is 73.3 Å². The molecule has 4 N–H and O–H groups in total. The first-order chi connectivity index (χ1) is 64.9. The average Bonchev–Trinajstić information content (AvgIpc) is 1.65. The first-order valence-electron chi connectivity index (χ1n) is 45.0. The number of aromatic nitrogens is 15. The van der Waals surface area contributed by atoms with E-state index in [0.29, 0.717) is 110 Å². The highest BCUT2D eigenvalue weighted by Crippen LogP contribution is 2.37. The van der Waals surface area contributed by atoms with Gasteiger partial charge in [0.2, 0.25) is 0 Å². The molecule has 0 aliphatic heterocycles. The number of carboxylic acids is 3. The molecule has 700 valence electrons. The smallest absolute Gasteiger partial charge is 0.410 e. The molecule has 7 aromatic carbocycles. The third kappa shape index (κ3) is 25.6. The zero-order valence-corrected chi connectivity index (χ0v) is 76.0. The molecule has 0 spiro atoms. The number of nitrogens with one attached hydrogen (secondary N) is 1. The summed E-state index contributed by atoms with van der Waals surface area (Å²) in [4.78, 5) is 89.7. The van der Waals surface area contributed by atoms with Crippen molar-refractivity contribution < 1.29 is 76.9 Å². The standard InChI is InChI=1S/C27H29N5O4.C26H31N5O4.C26H30N4O5.C20H22N4O4/c1-30-24(18-32-15-14-31(27(32)35)17-19-6-3-2-4-7-19)25(28-29-30)20-10-12-22(13-11-20)36-23-9-5-8-21(16-23)26(33)34;1-30(16-19-7-4-3-5-8-19)26(33)34-17-24-25(28-29-31(24)2)20-11-13-21(14-12-20)27-22-9-6-10-23(15-22)35-18-32;1-29(26(33)34-17-18-7-4-3-5-8-18)16-23-24(27-28-30(23)2)19-11-13-21(14-12-19)35-22-10-6-9-20(15-22)25(31)32;1-12-21-11-17(27-12)19-18(22-23-24(19)2)13-6-8-15(9-7-13)28-16-5-3-4-14(10-16)20(25)26/h2-4,6-7,10-15,21,23H,5,8-9,16-18H2,1H3,(H,33,34);3-5,7-8,11-14,18,22-23,27H,6,9-10,15-17H2,1-2H3;3-5,7-8,11-14,20,22H,6,9-10,15-17H2,1-2H3,(H,31,32);6-9,11,14,16H,3-5,10H2,1-2H3,(H,25,26)/t21-,23-;22-,23-;20-,22-;14-,16-/m0000/s1. The van der Waals surface area contributed by atoms with Crippen LogP contribution in [0.2, 0.25) is 0 Å². The van der Waals surface area contributed by atoms with Crippen LogP contribution in [0.5, 0.6) is 17.2 Å². The van der Waals surface area contributed by atoms with Crippen LogP contribution in [0.25, 0.3) is 56.5 Å². The van der Waals surface area contributed by atoms with Gasteiger partial charge in [-0.1, -0.05) is 124 Å². The maximum atomic E-state index is 13.0. The Morgan fingerprint density at radius 2 is 0.851 bits per heavy atom. The number of anilines is 1. The van der Waals surface area contributed by atoms with Crippen molar-refractivity contribution in [2.75, 3.05) is 19.4 Å². The summed E-state index contributed by atoms with van der Waals surface area (Å²) in [6, 6.07) is 60.1. The molecule has 35 nitrogen and oxygen atoms in total. The SMILES string of the molecule is CN(Cc1c(-c2ccc(O[C@H]3CCC[C@H](C(=O)O)C3)cc2)nnn1C)C(=O)OCc1ccccc1.CN(Cc1ccccc1)C(=O)OCc1c(-c2ccc(N[C@H]3CCC[C@H](OC=O)C3)cc2)nnn1C.Cc1ncc(-c2c(-c3ccc(O[C@H]4CCC[C@H](C(=O)O)C4)cc3)nnn2C)o1.Cn1nnc(-c2ccc(O[C@H]3CCC[C@H](C(=O)O)C3)cc2)c1Cn1ccn(Cc2ccccc2)c1=O. The van der Waals surface area contributed by atoms with Gasteiger partial charge in [0, 0.05) is 109 Å². The number of ether oxygens (including phenoxy) is 6. The van der Waals surface area contributed by atoms with Crippen LogP contribution in [0.4, 0.5) is 15.3 Å². The molecule has 8 atom stereocenters. The van der Waals surface area contributed by atoms with Crippen molar-refractivity contribution in [1.29, 1.82) is 0 Å². The van der Waals surface area contributed by atoms with Crippen LogP contribution in [0, 0.1) is 24.7 Å². The van der Waals surface area contributed by atoms with Crippen LogP contribution in [-0.4, -0.2) is 180 Å². The van der Waals surface area contributed by atoms with Crippen molar-refractivity contribution >= 4 is 42.3 Å². The number of carbonyl (C=O) groups is 6. The van der Waals surface area contributed by atoms with Crippen molar-refractivity contribution in [3.8, 4) is 73.7 Å². The molecule has 4 saturated carbocycles. The van der Waals surface area contributed by atoms with E-state index >= 15 is 0 Å². The number of benzene rings is 7. The Bertz CT molecular complexity index is 6100. The predicted octanol–water partition coefficient (Wildman–Crippen LogP) is 15.5. The van der Waals surface area contributed by atoms with E-state index in [1.54, 1.807) is 81.6 Å². The number of amides is 2. The molecule has 35 heteroatoms. The van der Waals surface area contributed by atoms with Crippen LogP contribution >= 0.6 is 0 Å². The van der Waals surface area contributed by atoms with Crippen molar-refractivity contribution in [3.05, 3.63) is 257 Å². The quantitative estimate of drug-likeness (QED) is 0.0240. The van der Waals surface area contributed by atoms with Crippen LogP contribution < -0.4 is 25.2 Å². The maximum Gasteiger partial charge on any atom is 0.410 e. The molecule has 0 bridgehead atoms. The highest BCUT2D eigenvalue weighted by atomic mass is 16.6. The van der Waals surface area contributed by atoms with E-state index in [-0.39, 0.29) is 73.7 Å². The number of oxazole rings is 1. The lowest BCUT2D eigenvalue weighted by Gasteiger charge is -2.29. The normalized spacial score (nSPS) is 18.0.